The quantitative estimate of drug-likeness (QED) is 0.705. The summed E-state index contributed by atoms with van der Waals surface area (Å²) < 4.78 is 28.3. The summed E-state index contributed by atoms with van der Waals surface area (Å²) in [6, 6.07) is 10.1. The summed E-state index contributed by atoms with van der Waals surface area (Å²) in [6.07, 6.45) is 0.272. The van der Waals surface area contributed by atoms with Gasteiger partial charge in [-0.3, -0.25) is 9.29 Å². The van der Waals surface area contributed by atoms with Crippen molar-refractivity contribution in [1.29, 1.82) is 0 Å². The van der Waals surface area contributed by atoms with Crippen molar-refractivity contribution in [2.45, 2.75) is 4.90 Å². The van der Waals surface area contributed by atoms with Crippen LogP contribution in [0.15, 0.2) is 53.6 Å². The minimum Gasteiger partial charge on any atom is -0.464 e. The monoisotopic (exact) mass is 384 g/mol. The molecule has 0 fully saturated rings. The number of aromatic nitrogens is 1. The Morgan fingerprint density at radius 1 is 1.04 bits per heavy atom. The zero-order valence-electron chi connectivity index (χ0n) is 11.9. The first-order chi connectivity index (χ1) is 11.3. The van der Waals surface area contributed by atoms with E-state index in [1.807, 2.05) is 0 Å². The standard InChI is InChI=1S/C15H10Cl2N2O4S/c16-10-6-11(17)8-13(7-10)24(22,23)18-12-1-2-14-9(5-12)3-4-19(14)15(20)21/h1-8,18H,(H,20,21). The number of nitrogens with zero attached hydrogens (tertiary/aromatic N) is 1. The molecule has 2 aromatic carbocycles. The summed E-state index contributed by atoms with van der Waals surface area (Å²) in [5.41, 5.74) is 0.748. The zero-order chi connectivity index (χ0) is 17.5. The third kappa shape index (κ3) is 3.19. The molecule has 0 aliphatic heterocycles. The largest absolute Gasteiger partial charge is 0.464 e. The fourth-order valence-corrected chi connectivity index (χ4v) is 4.05. The average molecular weight is 385 g/mol. The molecule has 3 rings (SSSR count). The van der Waals surface area contributed by atoms with Crippen molar-refractivity contribution in [3.63, 3.8) is 0 Å². The molecule has 0 unspecified atom stereocenters. The van der Waals surface area contributed by atoms with Crippen LogP contribution < -0.4 is 4.72 Å². The Labute approximate surface area is 147 Å². The average Bonchev–Trinajstić information content (AvgIpc) is 2.89. The first kappa shape index (κ1) is 16.6. The second kappa shape index (κ2) is 6.01. The highest BCUT2D eigenvalue weighted by atomic mass is 35.5. The van der Waals surface area contributed by atoms with Crippen LogP contribution in [0.2, 0.25) is 10.0 Å². The number of anilines is 1. The highest BCUT2D eigenvalue weighted by molar-refractivity contribution is 7.92. The Morgan fingerprint density at radius 2 is 1.71 bits per heavy atom. The summed E-state index contributed by atoms with van der Waals surface area (Å²) in [5, 5.41) is 10.1. The van der Waals surface area contributed by atoms with Crippen molar-refractivity contribution in [3.05, 3.63) is 58.7 Å². The molecule has 6 nitrogen and oxygen atoms in total. The van der Waals surface area contributed by atoms with E-state index in [4.69, 9.17) is 28.3 Å². The second-order valence-corrected chi connectivity index (χ2v) is 7.51. The van der Waals surface area contributed by atoms with Gasteiger partial charge in [-0.25, -0.2) is 13.2 Å². The summed E-state index contributed by atoms with van der Waals surface area (Å²) >= 11 is 11.7. The van der Waals surface area contributed by atoms with Crippen LogP contribution in [0.3, 0.4) is 0 Å². The van der Waals surface area contributed by atoms with Gasteiger partial charge in [0.1, 0.15) is 0 Å². The fourth-order valence-electron chi connectivity index (χ4n) is 2.27. The molecule has 3 aromatic rings. The zero-order valence-corrected chi connectivity index (χ0v) is 14.2. The molecule has 0 bridgehead atoms. The van der Waals surface area contributed by atoms with E-state index >= 15 is 0 Å². The molecule has 0 aliphatic carbocycles. The first-order valence-corrected chi connectivity index (χ1v) is 8.83. The summed E-state index contributed by atoms with van der Waals surface area (Å²) in [5.74, 6) is 0. The van der Waals surface area contributed by atoms with Crippen molar-refractivity contribution >= 4 is 55.9 Å². The topological polar surface area (TPSA) is 88.4 Å². The van der Waals surface area contributed by atoms with Gasteiger partial charge in [0.15, 0.2) is 0 Å². The molecule has 0 aliphatic rings. The number of sulfonamides is 1. The van der Waals surface area contributed by atoms with Crippen molar-refractivity contribution < 1.29 is 18.3 Å². The normalized spacial score (nSPS) is 11.6. The number of carbonyl (C=O) groups is 1. The molecule has 0 saturated carbocycles. The number of hydrogen-bond acceptors (Lipinski definition) is 3. The van der Waals surface area contributed by atoms with E-state index in [1.54, 1.807) is 12.1 Å². The first-order valence-electron chi connectivity index (χ1n) is 6.59. The highest BCUT2D eigenvalue weighted by Crippen LogP contribution is 2.26. The smallest absolute Gasteiger partial charge is 0.415 e. The van der Waals surface area contributed by atoms with E-state index in [1.165, 1.54) is 36.5 Å². The molecule has 124 valence electrons. The number of carboxylic acid groups (broad SMARTS) is 1. The van der Waals surface area contributed by atoms with Gasteiger partial charge in [-0.1, -0.05) is 23.2 Å². The van der Waals surface area contributed by atoms with Gasteiger partial charge in [0.05, 0.1) is 10.4 Å². The van der Waals surface area contributed by atoms with Crippen LogP contribution in [0.4, 0.5) is 10.5 Å². The number of nitrogens with one attached hydrogen (secondary N) is 1. The van der Waals surface area contributed by atoms with Gasteiger partial charge >= 0.3 is 6.09 Å². The Balaban J connectivity index is 1.98. The summed E-state index contributed by atoms with van der Waals surface area (Å²) in [6.45, 7) is 0. The SMILES string of the molecule is O=C(O)n1ccc2cc(NS(=O)(=O)c3cc(Cl)cc(Cl)c3)ccc21. The third-order valence-electron chi connectivity index (χ3n) is 3.29. The Hall–Kier alpha value is -2.22. The maximum Gasteiger partial charge on any atom is 0.415 e. The molecule has 0 radical (unpaired) electrons. The third-order valence-corrected chi connectivity index (χ3v) is 5.09. The number of halogens is 2. The van der Waals surface area contributed by atoms with Crippen molar-refractivity contribution in [2.75, 3.05) is 4.72 Å². The van der Waals surface area contributed by atoms with E-state index in [0.717, 1.165) is 4.57 Å². The maximum atomic E-state index is 12.4. The van der Waals surface area contributed by atoms with Crippen LogP contribution in [0.5, 0.6) is 0 Å². The molecule has 1 heterocycles. The number of benzene rings is 2. The minimum atomic E-state index is -3.88. The van der Waals surface area contributed by atoms with Crippen LogP contribution in [0, 0.1) is 0 Å². The lowest BCUT2D eigenvalue weighted by Gasteiger charge is -2.09. The van der Waals surface area contributed by atoms with Crippen LogP contribution in [-0.2, 0) is 10.0 Å². The molecule has 1 aromatic heterocycles. The van der Waals surface area contributed by atoms with E-state index < -0.39 is 16.1 Å². The van der Waals surface area contributed by atoms with Gasteiger partial charge in [-0.15, -0.1) is 0 Å². The van der Waals surface area contributed by atoms with Gasteiger partial charge < -0.3 is 5.11 Å². The summed E-state index contributed by atoms with van der Waals surface area (Å²) in [4.78, 5) is 11.0. The minimum absolute atomic E-state index is 0.0665. The maximum absolute atomic E-state index is 12.4. The molecule has 2 N–H and O–H groups in total. The van der Waals surface area contributed by atoms with E-state index in [0.29, 0.717) is 16.6 Å². The van der Waals surface area contributed by atoms with E-state index in [2.05, 4.69) is 4.72 Å². The highest BCUT2D eigenvalue weighted by Gasteiger charge is 2.16. The van der Waals surface area contributed by atoms with E-state index in [9.17, 15) is 13.2 Å². The predicted octanol–water partition coefficient (Wildman–Crippen LogP) is 4.28. The lowest BCUT2D eigenvalue weighted by atomic mass is 10.2. The molecule has 24 heavy (non-hydrogen) atoms. The predicted molar refractivity (Wildman–Crippen MR) is 92.6 cm³/mol. The van der Waals surface area contributed by atoms with E-state index in [-0.39, 0.29) is 14.9 Å². The number of fused-ring (bicyclic) bond motifs is 1. The van der Waals surface area contributed by atoms with Gasteiger partial charge in [0, 0.05) is 27.3 Å². The van der Waals surface area contributed by atoms with Crippen molar-refractivity contribution in [3.8, 4) is 0 Å². The van der Waals surface area contributed by atoms with Crippen molar-refractivity contribution in [1.82, 2.24) is 4.57 Å². The van der Waals surface area contributed by atoms with Crippen LogP contribution >= 0.6 is 23.2 Å². The number of rotatable bonds is 3. The Kier molecular flexibility index (Phi) is 4.16. The fraction of sp³-hybridized carbons (Fsp3) is 0. The van der Waals surface area contributed by atoms with Gasteiger partial charge in [-0.2, -0.15) is 0 Å². The lowest BCUT2D eigenvalue weighted by Crippen LogP contribution is -2.13. The Morgan fingerprint density at radius 3 is 2.33 bits per heavy atom. The molecule has 9 heteroatoms. The molecular weight excluding hydrogens is 375 g/mol. The summed E-state index contributed by atoms with van der Waals surface area (Å²) in [7, 11) is -3.88. The van der Waals surface area contributed by atoms with Gasteiger partial charge in [0.2, 0.25) is 0 Å². The van der Waals surface area contributed by atoms with Crippen molar-refractivity contribution in [2.24, 2.45) is 0 Å². The van der Waals surface area contributed by atoms with Crippen LogP contribution in [-0.4, -0.2) is 24.2 Å². The van der Waals surface area contributed by atoms with Crippen LogP contribution in [0.1, 0.15) is 0 Å². The molecule has 0 amide bonds. The Bertz CT molecular complexity index is 1040. The molecular formula is C15H10Cl2N2O4S. The lowest BCUT2D eigenvalue weighted by molar-refractivity contribution is 0.197. The molecule has 0 saturated heterocycles. The molecule has 0 spiro atoms. The van der Waals surface area contributed by atoms with Crippen LogP contribution in [0.25, 0.3) is 10.9 Å². The van der Waals surface area contributed by atoms with Gasteiger partial charge in [-0.05, 0) is 42.5 Å². The molecule has 0 atom stereocenters. The second-order valence-electron chi connectivity index (χ2n) is 4.95. The number of hydrogen-bond donors (Lipinski definition) is 2. The van der Waals surface area contributed by atoms with Gasteiger partial charge in [0.25, 0.3) is 10.0 Å².